The SMILES string of the molecule is COc1cc(I)c(OC)cc1O. The minimum Gasteiger partial charge on any atom is -0.504 e. The first-order valence-electron chi connectivity index (χ1n) is 3.29. The van der Waals surface area contributed by atoms with Crippen molar-refractivity contribution in [1.82, 2.24) is 0 Å². The van der Waals surface area contributed by atoms with Crippen LogP contribution in [0.5, 0.6) is 17.2 Å². The maximum atomic E-state index is 9.34. The summed E-state index contributed by atoms with van der Waals surface area (Å²) >= 11 is 2.11. The van der Waals surface area contributed by atoms with E-state index >= 15 is 0 Å². The van der Waals surface area contributed by atoms with Crippen LogP contribution in [0.3, 0.4) is 0 Å². The summed E-state index contributed by atoms with van der Waals surface area (Å²) in [6.07, 6.45) is 0. The van der Waals surface area contributed by atoms with Crippen molar-refractivity contribution in [3.05, 3.63) is 15.7 Å². The Morgan fingerprint density at radius 1 is 1.17 bits per heavy atom. The van der Waals surface area contributed by atoms with Gasteiger partial charge in [0.1, 0.15) is 5.75 Å². The van der Waals surface area contributed by atoms with E-state index in [-0.39, 0.29) is 5.75 Å². The molecule has 0 atom stereocenters. The maximum Gasteiger partial charge on any atom is 0.161 e. The van der Waals surface area contributed by atoms with Gasteiger partial charge in [0.05, 0.1) is 17.8 Å². The molecule has 0 aliphatic heterocycles. The third kappa shape index (κ3) is 1.74. The smallest absolute Gasteiger partial charge is 0.161 e. The van der Waals surface area contributed by atoms with Crippen molar-refractivity contribution >= 4 is 22.6 Å². The summed E-state index contributed by atoms with van der Waals surface area (Å²) in [6, 6.07) is 3.25. The second-order valence-electron chi connectivity index (χ2n) is 2.16. The molecule has 1 rings (SSSR count). The molecule has 0 heterocycles. The molecule has 0 bridgehead atoms. The number of rotatable bonds is 2. The van der Waals surface area contributed by atoms with Crippen molar-refractivity contribution in [1.29, 1.82) is 0 Å². The molecule has 1 N–H and O–H groups in total. The number of ether oxygens (including phenoxy) is 2. The summed E-state index contributed by atoms with van der Waals surface area (Å²) < 4.78 is 10.8. The molecule has 0 fully saturated rings. The van der Waals surface area contributed by atoms with Gasteiger partial charge < -0.3 is 14.6 Å². The lowest BCUT2D eigenvalue weighted by Crippen LogP contribution is -1.89. The zero-order chi connectivity index (χ0) is 9.14. The number of halogens is 1. The summed E-state index contributed by atoms with van der Waals surface area (Å²) in [7, 11) is 3.07. The van der Waals surface area contributed by atoms with Crippen molar-refractivity contribution < 1.29 is 14.6 Å². The molecule has 0 aliphatic carbocycles. The number of hydrogen-bond acceptors (Lipinski definition) is 3. The molecule has 0 spiro atoms. The van der Waals surface area contributed by atoms with E-state index < -0.39 is 0 Å². The summed E-state index contributed by atoms with van der Waals surface area (Å²) in [5.41, 5.74) is 0. The second-order valence-corrected chi connectivity index (χ2v) is 3.32. The Labute approximate surface area is 84.4 Å². The van der Waals surface area contributed by atoms with E-state index in [0.29, 0.717) is 11.5 Å². The average Bonchev–Trinajstić information content (AvgIpc) is 2.08. The quantitative estimate of drug-likeness (QED) is 0.842. The predicted octanol–water partition coefficient (Wildman–Crippen LogP) is 2.01. The van der Waals surface area contributed by atoms with Crippen molar-refractivity contribution in [2.45, 2.75) is 0 Å². The summed E-state index contributed by atoms with van der Waals surface area (Å²) in [5, 5.41) is 9.34. The van der Waals surface area contributed by atoms with Crippen LogP contribution < -0.4 is 9.47 Å². The van der Waals surface area contributed by atoms with Gasteiger partial charge in [0.25, 0.3) is 0 Å². The van der Waals surface area contributed by atoms with Crippen LogP contribution in [-0.2, 0) is 0 Å². The van der Waals surface area contributed by atoms with E-state index in [1.54, 1.807) is 13.2 Å². The number of benzene rings is 1. The predicted molar refractivity (Wildman–Crippen MR) is 53.9 cm³/mol. The Morgan fingerprint density at radius 2 is 1.75 bits per heavy atom. The van der Waals surface area contributed by atoms with Gasteiger partial charge in [-0.2, -0.15) is 0 Å². The van der Waals surface area contributed by atoms with Gasteiger partial charge in [-0.05, 0) is 22.6 Å². The van der Waals surface area contributed by atoms with Crippen LogP contribution in [-0.4, -0.2) is 19.3 Å². The van der Waals surface area contributed by atoms with Gasteiger partial charge in [0, 0.05) is 12.1 Å². The van der Waals surface area contributed by atoms with Crippen molar-refractivity contribution in [3.63, 3.8) is 0 Å². The van der Waals surface area contributed by atoms with E-state index in [1.807, 2.05) is 0 Å². The Morgan fingerprint density at radius 3 is 2.25 bits per heavy atom. The Bertz CT molecular complexity index is 256. The second kappa shape index (κ2) is 3.84. The van der Waals surface area contributed by atoms with Crippen LogP contribution in [0.25, 0.3) is 0 Å². The molecular weight excluding hydrogens is 271 g/mol. The lowest BCUT2D eigenvalue weighted by Gasteiger charge is -2.07. The molecule has 0 radical (unpaired) electrons. The third-order valence-electron chi connectivity index (χ3n) is 1.45. The Kier molecular flexibility index (Phi) is 3.02. The number of methoxy groups -OCH3 is 2. The molecule has 0 aliphatic rings. The summed E-state index contributed by atoms with van der Waals surface area (Å²) in [6.45, 7) is 0. The normalized spacial score (nSPS) is 9.58. The van der Waals surface area contributed by atoms with Gasteiger partial charge in [-0.25, -0.2) is 0 Å². The minimum atomic E-state index is 0.0924. The number of aromatic hydroxyl groups is 1. The molecular formula is C8H9IO3. The zero-order valence-corrected chi connectivity index (χ0v) is 8.95. The molecule has 3 nitrogen and oxygen atoms in total. The molecule has 4 heteroatoms. The van der Waals surface area contributed by atoms with Gasteiger partial charge in [0.2, 0.25) is 0 Å². The van der Waals surface area contributed by atoms with Crippen LogP contribution >= 0.6 is 22.6 Å². The minimum absolute atomic E-state index is 0.0924. The molecule has 12 heavy (non-hydrogen) atoms. The standard InChI is InChI=1S/C8H9IO3/c1-11-7-4-6(10)8(12-2)3-5(7)9/h3-4,10H,1-2H3. The first-order chi connectivity index (χ1) is 5.69. The van der Waals surface area contributed by atoms with Gasteiger partial charge in [-0.1, -0.05) is 0 Å². The van der Waals surface area contributed by atoms with Gasteiger partial charge in [-0.3, -0.25) is 0 Å². The summed E-state index contributed by atoms with van der Waals surface area (Å²) in [5.74, 6) is 1.20. The molecule has 0 unspecified atom stereocenters. The van der Waals surface area contributed by atoms with Crippen LogP contribution in [0.2, 0.25) is 0 Å². The number of phenolic OH excluding ortho intramolecular Hbond substituents is 1. The molecule has 1 aromatic rings. The lowest BCUT2D eigenvalue weighted by molar-refractivity contribution is 0.364. The fraction of sp³-hybridized carbons (Fsp3) is 0.250. The van der Waals surface area contributed by atoms with E-state index in [2.05, 4.69) is 22.6 Å². The highest BCUT2D eigenvalue weighted by Crippen LogP contribution is 2.34. The Hall–Kier alpha value is -0.650. The van der Waals surface area contributed by atoms with E-state index in [1.165, 1.54) is 13.2 Å². The largest absolute Gasteiger partial charge is 0.504 e. The monoisotopic (exact) mass is 280 g/mol. The van der Waals surface area contributed by atoms with Gasteiger partial charge in [-0.15, -0.1) is 0 Å². The molecule has 0 saturated heterocycles. The topological polar surface area (TPSA) is 38.7 Å². The Balaban J connectivity index is 3.16. The molecule has 0 aromatic heterocycles. The fourth-order valence-electron chi connectivity index (χ4n) is 0.844. The first-order valence-corrected chi connectivity index (χ1v) is 4.37. The van der Waals surface area contributed by atoms with Gasteiger partial charge in [0.15, 0.2) is 11.5 Å². The van der Waals surface area contributed by atoms with Crippen LogP contribution in [0, 0.1) is 3.57 Å². The van der Waals surface area contributed by atoms with Crippen molar-refractivity contribution in [2.75, 3.05) is 14.2 Å². The van der Waals surface area contributed by atoms with Crippen LogP contribution in [0.4, 0.5) is 0 Å². The van der Waals surface area contributed by atoms with Crippen molar-refractivity contribution in [2.24, 2.45) is 0 Å². The molecule has 0 saturated carbocycles. The van der Waals surface area contributed by atoms with Crippen LogP contribution in [0.1, 0.15) is 0 Å². The average molecular weight is 280 g/mol. The maximum absolute atomic E-state index is 9.34. The number of phenols is 1. The highest BCUT2D eigenvalue weighted by atomic mass is 127. The zero-order valence-electron chi connectivity index (χ0n) is 6.80. The van der Waals surface area contributed by atoms with E-state index in [9.17, 15) is 5.11 Å². The van der Waals surface area contributed by atoms with Crippen molar-refractivity contribution in [3.8, 4) is 17.2 Å². The van der Waals surface area contributed by atoms with Crippen LogP contribution in [0.15, 0.2) is 12.1 Å². The van der Waals surface area contributed by atoms with E-state index in [4.69, 9.17) is 9.47 Å². The number of hydrogen-bond donors (Lipinski definition) is 1. The fourth-order valence-corrected chi connectivity index (χ4v) is 1.50. The van der Waals surface area contributed by atoms with Gasteiger partial charge >= 0.3 is 0 Å². The molecule has 0 amide bonds. The van der Waals surface area contributed by atoms with E-state index in [0.717, 1.165) is 3.57 Å². The third-order valence-corrected chi connectivity index (χ3v) is 2.30. The molecule has 1 aromatic carbocycles. The first kappa shape index (κ1) is 9.44. The summed E-state index contributed by atoms with van der Waals surface area (Å²) in [4.78, 5) is 0. The highest BCUT2D eigenvalue weighted by Gasteiger charge is 2.07. The lowest BCUT2D eigenvalue weighted by atomic mass is 10.3. The molecule has 66 valence electrons. The highest BCUT2D eigenvalue weighted by molar-refractivity contribution is 14.1.